The topological polar surface area (TPSA) is 69.7 Å². The van der Waals surface area contributed by atoms with E-state index < -0.39 is 26.6 Å². The number of benzene rings is 2. The SMILES string of the molecule is CCc1ccc([C@H](CNC(=O)C2CCN(S(=O)(=O)c3cc(F)ccc3F)CC2)N(C)C)cc1. The summed E-state index contributed by atoms with van der Waals surface area (Å²) in [5.41, 5.74) is 2.36. The number of nitrogens with zero attached hydrogens (tertiary/aromatic N) is 2. The zero-order chi connectivity index (χ0) is 24.2. The second kappa shape index (κ2) is 10.7. The first-order valence-corrected chi connectivity index (χ1v) is 12.6. The smallest absolute Gasteiger partial charge is 0.246 e. The van der Waals surface area contributed by atoms with Crippen molar-refractivity contribution in [3.63, 3.8) is 0 Å². The minimum Gasteiger partial charge on any atom is -0.354 e. The lowest BCUT2D eigenvalue weighted by Crippen LogP contribution is -2.44. The normalized spacial score (nSPS) is 16.7. The molecule has 0 bridgehead atoms. The highest BCUT2D eigenvalue weighted by Crippen LogP contribution is 2.26. The van der Waals surface area contributed by atoms with Crippen molar-refractivity contribution in [2.75, 3.05) is 33.7 Å². The number of carbonyl (C=O) groups is 1. The highest BCUT2D eigenvalue weighted by atomic mass is 32.2. The van der Waals surface area contributed by atoms with Gasteiger partial charge in [0.25, 0.3) is 0 Å². The molecule has 1 fully saturated rings. The summed E-state index contributed by atoms with van der Waals surface area (Å²) >= 11 is 0. The number of carbonyl (C=O) groups excluding carboxylic acids is 1. The van der Waals surface area contributed by atoms with Gasteiger partial charge in [-0.1, -0.05) is 31.2 Å². The number of sulfonamides is 1. The summed E-state index contributed by atoms with van der Waals surface area (Å²) < 4.78 is 54.1. The minimum atomic E-state index is -4.16. The van der Waals surface area contributed by atoms with Crippen molar-refractivity contribution in [2.24, 2.45) is 5.92 Å². The Morgan fingerprint density at radius 1 is 1.12 bits per heavy atom. The van der Waals surface area contributed by atoms with Crippen molar-refractivity contribution in [1.82, 2.24) is 14.5 Å². The van der Waals surface area contributed by atoms with E-state index in [0.29, 0.717) is 25.5 Å². The highest BCUT2D eigenvalue weighted by Gasteiger charge is 2.34. The molecule has 0 aromatic heterocycles. The molecule has 3 rings (SSSR count). The average Bonchev–Trinajstić information content (AvgIpc) is 2.80. The molecule has 1 atom stereocenters. The fourth-order valence-corrected chi connectivity index (χ4v) is 5.63. The Labute approximate surface area is 194 Å². The summed E-state index contributed by atoms with van der Waals surface area (Å²) in [7, 11) is -0.248. The molecule has 180 valence electrons. The summed E-state index contributed by atoms with van der Waals surface area (Å²) in [6.07, 6.45) is 1.60. The van der Waals surface area contributed by atoms with Gasteiger partial charge in [-0.25, -0.2) is 17.2 Å². The van der Waals surface area contributed by atoms with Crippen LogP contribution in [-0.2, 0) is 21.2 Å². The van der Waals surface area contributed by atoms with E-state index in [1.807, 2.05) is 19.0 Å². The third-order valence-corrected chi connectivity index (χ3v) is 8.12. The first-order valence-electron chi connectivity index (χ1n) is 11.1. The van der Waals surface area contributed by atoms with Crippen LogP contribution in [0.15, 0.2) is 47.4 Å². The number of rotatable bonds is 8. The molecule has 0 saturated carbocycles. The predicted molar refractivity (Wildman–Crippen MR) is 123 cm³/mol. The van der Waals surface area contributed by atoms with Crippen LogP contribution in [0, 0.1) is 17.6 Å². The van der Waals surface area contributed by atoms with E-state index in [1.54, 1.807) is 0 Å². The van der Waals surface area contributed by atoms with Crippen LogP contribution in [-0.4, -0.2) is 57.3 Å². The predicted octanol–water partition coefficient (Wildman–Crippen LogP) is 3.35. The molecule has 2 aromatic rings. The van der Waals surface area contributed by atoms with Crippen LogP contribution < -0.4 is 5.32 Å². The Hall–Kier alpha value is -2.36. The fourth-order valence-electron chi connectivity index (χ4n) is 4.09. The molecule has 33 heavy (non-hydrogen) atoms. The quantitative estimate of drug-likeness (QED) is 0.631. The standard InChI is InChI=1S/C24H31F2N3O3S/c1-4-17-5-7-18(8-6-17)22(28(2)3)16-27-24(30)19-11-13-29(14-12-19)33(31,32)23-15-20(25)9-10-21(23)26/h5-10,15,19,22H,4,11-14,16H2,1-3H3,(H,27,30)/t22-/m0/s1. The van der Waals surface area contributed by atoms with Gasteiger partial charge in [-0.3, -0.25) is 4.79 Å². The number of halogens is 2. The molecule has 6 nitrogen and oxygen atoms in total. The van der Waals surface area contributed by atoms with Gasteiger partial charge in [-0.05, 0) is 62.7 Å². The third-order valence-electron chi connectivity index (χ3n) is 6.20. The monoisotopic (exact) mass is 479 g/mol. The molecule has 1 aliphatic rings. The Balaban J connectivity index is 1.59. The zero-order valence-electron chi connectivity index (χ0n) is 19.2. The maximum absolute atomic E-state index is 14.0. The van der Waals surface area contributed by atoms with E-state index in [-0.39, 0.29) is 31.0 Å². The van der Waals surface area contributed by atoms with E-state index in [2.05, 4.69) is 36.5 Å². The fraction of sp³-hybridized carbons (Fsp3) is 0.458. The van der Waals surface area contributed by atoms with Crippen LogP contribution in [0.25, 0.3) is 0 Å². The molecule has 1 amide bonds. The number of hydrogen-bond acceptors (Lipinski definition) is 4. The van der Waals surface area contributed by atoms with Crippen molar-refractivity contribution >= 4 is 15.9 Å². The lowest BCUT2D eigenvalue weighted by molar-refractivity contribution is -0.126. The molecule has 1 saturated heterocycles. The molecule has 2 aromatic carbocycles. The molecule has 1 N–H and O–H groups in total. The Bertz CT molecular complexity index is 1070. The van der Waals surface area contributed by atoms with E-state index in [1.165, 1.54) is 5.56 Å². The second-order valence-electron chi connectivity index (χ2n) is 8.57. The highest BCUT2D eigenvalue weighted by molar-refractivity contribution is 7.89. The van der Waals surface area contributed by atoms with E-state index >= 15 is 0 Å². The number of amides is 1. The molecular formula is C24H31F2N3O3S. The maximum Gasteiger partial charge on any atom is 0.246 e. The zero-order valence-corrected chi connectivity index (χ0v) is 20.0. The number of aryl methyl sites for hydroxylation is 1. The van der Waals surface area contributed by atoms with Crippen molar-refractivity contribution in [3.8, 4) is 0 Å². The van der Waals surface area contributed by atoms with Crippen LogP contribution in [0.1, 0.15) is 36.9 Å². The molecule has 0 aliphatic carbocycles. The third kappa shape index (κ3) is 5.96. The van der Waals surface area contributed by atoms with Gasteiger partial charge in [0.05, 0.1) is 6.04 Å². The molecular weight excluding hydrogens is 448 g/mol. The molecule has 1 aliphatic heterocycles. The van der Waals surface area contributed by atoms with Gasteiger partial charge in [0.2, 0.25) is 15.9 Å². The van der Waals surface area contributed by atoms with Crippen molar-refractivity contribution in [1.29, 1.82) is 0 Å². The summed E-state index contributed by atoms with van der Waals surface area (Å²) in [6, 6.07) is 10.7. The van der Waals surface area contributed by atoms with E-state index in [4.69, 9.17) is 0 Å². The summed E-state index contributed by atoms with van der Waals surface area (Å²) in [6.45, 7) is 2.69. The lowest BCUT2D eigenvalue weighted by atomic mass is 9.96. The summed E-state index contributed by atoms with van der Waals surface area (Å²) in [5.74, 6) is -2.26. The number of hydrogen-bond donors (Lipinski definition) is 1. The Kier molecular flexibility index (Phi) is 8.20. The summed E-state index contributed by atoms with van der Waals surface area (Å²) in [5, 5.41) is 3.00. The maximum atomic E-state index is 14.0. The first kappa shape index (κ1) is 25.3. The molecule has 0 spiro atoms. The number of likely N-dealkylation sites (N-methyl/N-ethyl adjacent to an activating group) is 1. The van der Waals surface area contributed by atoms with E-state index in [0.717, 1.165) is 28.4 Å². The van der Waals surface area contributed by atoms with Crippen molar-refractivity contribution in [2.45, 2.75) is 37.1 Å². The van der Waals surface area contributed by atoms with Gasteiger partial charge in [-0.2, -0.15) is 4.31 Å². The van der Waals surface area contributed by atoms with Gasteiger partial charge in [-0.15, -0.1) is 0 Å². The minimum absolute atomic E-state index is 0.0104. The van der Waals surface area contributed by atoms with Gasteiger partial charge in [0.1, 0.15) is 16.5 Å². The van der Waals surface area contributed by atoms with Crippen LogP contribution >= 0.6 is 0 Å². The Morgan fingerprint density at radius 2 is 1.76 bits per heavy atom. The second-order valence-corrected chi connectivity index (χ2v) is 10.5. The Morgan fingerprint density at radius 3 is 2.33 bits per heavy atom. The lowest BCUT2D eigenvalue weighted by Gasteiger charge is -2.31. The molecule has 9 heteroatoms. The molecule has 0 unspecified atom stereocenters. The first-order chi connectivity index (χ1) is 15.6. The van der Waals surface area contributed by atoms with Crippen LogP contribution in [0.2, 0.25) is 0 Å². The van der Waals surface area contributed by atoms with Gasteiger partial charge < -0.3 is 10.2 Å². The van der Waals surface area contributed by atoms with E-state index in [9.17, 15) is 22.0 Å². The molecule has 0 radical (unpaired) electrons. The average molecular weight is 480 g/mol. The molecule has 1 heterocycles. The van der Waals surface area contributed by atoms with Crippen LogP contribution in [0.3, 0.4) is 0 Å². The van der Waals surface area contributed by atoms with Crippen molar-refractivity contribution < 1.29 is 22.0 Å². The van der Waals surface area contributed by atoms with Gasteiger partial charge in [0.15, 0.2) is 0 Å². The largest absolute Gasteiger partial charge is 0.354 e. The van der Waals surface area contributed by atoms with Gasteiger partial charge >= 0.3 is 0 Å². The van der Waals surface area contributed by atoms with Crippen LogP contribution in [0.5, 0.6) is 0 Å². The van der Waals surface area contributed by atoms with Gasteiger partial charge in [0, 0.05) is 25.6 Å². The summed E-state index contributed by atoms with van der Waals surface area (Å²) in [4.78, 5) is 14.1. The number of nitrogens with one attached hydrogen (secondary N) is 1. The number of piperidine rings is 1. The van der Waals surface area contributed by atoms with Crippen molar-refractivity contribution in [3.05, 3.63) is 65.2 Å². The van der Waals surface area contributed by atoms with Crippen LogP contribution in [0.4, 0.5) is 8.78 Å².